The third-order valence-corrected chi connectivity index (χ3v) is 4.25. The number of hydrogen-bond donors (Lipinski definition) is 1. The highest BCUT2D eigenvalue weighted by atomic mass is 79.9. The zero-order valence-electron chi connectivity index (χ0n) is 9.67. The minimum atomic E-state index is 0.121. The number of halogens is 2. The maximum absolute atomic E-state index is 12.1. The first kappa shape index (κ1) is 13.1. The van der Waals surface area contributed by atoms with Crippen molar-refractivity contribution in [3.63, 3.8) is 0 Å². The highest BCUT2D eigenvalue weighted by Crippen LogP contribution is 2.24. The molecule has 2 rings (SSSR count). The lowest BCUT2D eigenvalue weighted by molar-refractivity contribution is -0.123. The average molecular weight is 317 g/mol. The smallest absolute Gasteiger partial charge is 0.140 e. The van der Waals surface area contributed by atoms with Gasteiger partial charge < -0.3 is 5.32 Å². The van der Waals surface area contributed by atoms with E-state index in [1.165, 1.54) is 0 Å². The number of nitrogens with one attached hydrogen (secondary N) is 1. The van der Waals surface area contributed by atoms with Crippen LogP contribution < -0.4 is 5.32 Å². The van der Waals surface area contributed by atoms with Crippen molar-refractivity contribution >= 4 is 33.3 Å². The van der Waals surface area contributed by atoms with Crippen LogP contribution in [0, 0.1) is 11.8 Å². The minimum absolute atomic E-state index is 0.121. The molecule has 17 heavy (non-hydrogen) atoms. The van der Waals surface area contributed by atoms with Gasteiger partial charge in [-0.1, -0.05) is 40.5 Å². The van der Waals surface area contributed by atoms with E-state index in [1.54, 1.807) is 0 Å². The van der Waals surface area contributed by atoms with Crippen molar-refractivity contribution in [1.82, 2.24) is 5.32 Å². The predicted molar refractivity (Wildman–Crippen MR) is 73.4 cm³/mol. The van der Waals surface area contributed by atoms with Gasteiger partial charge in [0.25, 0.3) is 0 Å². The molecule has 1 aromatic carbocycles. The van der Waals surface area contributed by atoms with Crippen LogP contribution in [-0.4, -0.2) is 18.9 Å². The van der Waals surface area contributed by atoms with Gasteiger partial charge in [-0.05, 0) is 36.7 Å². The van der Waals surface area contributed by atoms with Crippen LogP contribution in [0.25, 0.3) is 0 Å². The average Bonchev–Trinajstić information content (AvgIpc) is 2.19. The van der Waals surface area contributed by atoms with Crippen LogP contribution in [0.2, 0.25) is 5.02 Å². The van der Waals surface area contributed by atoms with Gasteiger partial charge in [0.15, 0.2) is 0 Å². The predicted octanol–water partition coefficient (Wildman–Crippen LogP) is 3.07. The standard InChI is InChI=1S/C13H15BrClNO/c1-8(10-6-16-7-10)13(17)4-9-2-3-11(14)5-12(9)15/h2-3,5,8,10,16H,4,6-7H2,1H3. The number of carbonyl (C=O) groups is 1. The lowest BCUT2D eigenvalue weighted by Gasteiger charge is -2.31. The van der Waals surface area contributed by atoms with Gasteiger partial charge >= 0.3 is 0 Å². The molecule has 1 heterocycles. The maximum Gasteiger partial charge on any atom is 0.140 e. The molecule has 2 nitrogen and oxygen atoms in total. The summed E-state index contributed by atoms with van der Waals surface area (Å²) in [5.74, 6) is 0.897. The lowest BCUT2D eigenvalue weighted by atomic mass is 9.84. The highest BCUT2D eigenvalue weighted by molar-refractivity contribution is 9.10. The molecule has 1 aromatic rings. The molecule has 0 aliphatic carbocycles. The van der Waals surface area contributed by atoms with E-state index in [0.29, 0.717) is 17.4 Å². The lowest BCUT2D eigenvalue weighted by Crippen LogP contribution is -2.47. The van der Waals surface area contributed by atoms with Crippen molar-refractivity contribution in [2.75, 3.05) is 13.1 Å². The Bertz CT molecular complexity index is 431. The summed E-state index contributed by atoms with van der Waals surface area (Å²) in [5, 5.41) is 3.85. The molecule has 0 amide bonds. The Morgan fingerprint density at radius 2 is 2.29 bits per heavy atom. The van der Waals surface area contributed by atoms with Crippen LogP contribution in [0.15, 0.2) is 22.7 Å². The van der Waals surface area contributed by atoms with Crippen molar-refractivity contribution in [2.24, 2.45) is 11.8 Å². The molecular weight excluding hydrogens is 302 g/mol. The summed E-state index contributed by atoms with van der Waals surface area (Å²) in [6.07, 6.45) is 0.434. The number of ketones is 1. The summed E-state index contributed by atoms with van der Waals surface area (Å²) < 4.78 is 0.940. The molecule has 1 atom stereocenters. The van der Waals surface area contributed by atoms with Gasteiger partial charge in [0.05, 0.1) is 0 Å². The Kier molecular flexibility index (Phi) is 4.23. The number of benzene rings is 1. The van der Waals surface area contributed by atoms with Crippen molar-refractivity contribution < 1.29 is 4.79 Å². The normalized spacial score (nSPS) is 17.6. The largest absolute Gasteiger partial charge is 0.316 e. The first-order valence-corrected chi connectivity index (χ1v) is 6.92. The molecule has 92 valence electrons. The number of Topliss-reactive ketones (excluding diaryl/α,β-unsaturated/α-hetero) is 1. The molecule has 1 N–H and O–H groups in total. The zero-order chi connectivity index (χ0) is 12.4. The summed E-state index contributed by atoms with van der Waals surface area (Å²) in [6.45, 7) is 3.93. The van der Waals surface area contributed by atoms with E-state index >= 15 is 0 Å². The summed E-state index contributed by atoms with van der Waals surface area (Å²) in [6, 6.07) is 5.67. The Balaban J connectivity index is 2.02. The topological polar surface area (TPSA) is 29.1 Å². The van der Waals surface area contributed by atoms with E-state index in [1.807, 2.05) is 25.1 Å². The molecule has 0 saturated carbocycles. The van der Waals surface area contributed by atoms with Gasteiger partial charge in [-0.15, -0.1) is 0 Å². The molecule has 0 bridgehead atoms. The summed E-state index contributed by atoms with van der Waals surface area (Å²) in [5.41, 5.74) is 0.916. The number of rotatable bonds is 4. The molecular formula is C13H15BrClNO. The summed E-state index contributed by atoms with van der Waals surface area (Å²) in [7, 11) is 0. The summed E-state index contributed by atoms with van der Waals surface area (Å²) in [4.78, 5) is 12.1. The molecule has 1 saturated heterocycles. The van der Waals surface area contributed by atoms with Crippen LogP contribution >= 0.6 is 27.5 Å². The van der Waals surface area contributed by atoms with Crippen molar-refractivity contribution in [1.29, 1.82) is 0 Å². The van der Waals surface area contributed by atoms with Gasteiger partial charge in [0.1, 0.15) is 5.78 Å². The van der Waals surface area contributed by atoms with E-state index in [0.717, 1.165) is 23.1 Å². The van der Waals surface area contributed by atoms with Crippen molar-refractivity contribution in [3.8, 4) is 0 Å². The Hall–Kier alpha value is -0.380. The van der Waals surface area contributed by atoms with E-state index in [2.05, 4.69) is 21.2 Å². The van der Waals surface area contributed by atoms with Gasteiger partial charge in [0, 0.05) is 21.8 Å². The van der Waals surface area contributed by atoms with E-state index in [-0.39, 0.29) is 11.7 Å². The minimum Gasteiger partial charge on any atom is -0.316 e. The van der Waals surface area contributed by atoms with Gasteiger partial charge in [-0.2, -0.15) is 0 Å². The Morgan fingerprint density at radius 1 is 1.59 bits per heavy atom. The first-order valence-electron chi connectivity index (χ1n) is 5.75. The molecule has 1 fully saturated rings. The fourth-order valence-corrected chi connectivity index (χ4v) is 2.68. The van der Waals surface area contributed by atoms with E-state index in [9.17, 15) is 4.79 Å². The molecule has 0 radical (unpaired) electrons. The van der Waals surface area contributed by atoms with Gasteiger partial charge in [0.2, 0.25) is 0 Å². The van der Waals surface area contributed by atoms with Crippen molar-refractivity contribution in [3.05, 3.63) is 33.3 Å². The van der Waals surface area contributed by atoms with Crippen molar-refractivity contribution in [2.45, 2.75) is 13.3 Å². The molecule has 0 spiro atoms. The van der Waals surface area contributed by atoms with Crippen LogP contribution in [0.1, 0.15) is 12.5 Å². The second kappa shape index (κ2) is 5.51. The van der Waals surface area contributed by atoms with E-state index in [4.69, 9.17) is 11.6 Å². The SMILES string of the molecule is CC(C(=O)Cc1ccc(Br)cc1Cl)C1CNC1. The van der Waals surface area contributed by atoms with Gasteiger partial charge in [-0.3, -0.25) is 4.79 Å². The Labute approximate surface area is 115 Å². The second-order valence-electron chi connectivity index (χ2n) is 4.59. The monoisotopic (exact) mass is 315 g/mol. The highest BCUT2D eigenvalue weighted by Gasteiger charge is 2.28. The first-order chi connectivity index (χ1) is 8.08. The molecule has 1 unspecified atom stereocenters. The number of hydrogen-bond acceptors (Lipinski definition) is 2. The fourth-order valence-electron chi connectivity index (χ4n) is 1.94. The molecule has 0 aromatic heterocycles. The zero-order valence-corrected chi connectivity index (χ0v) is 12.0. The van der Waals surface area contributed by atoms with Crippen LogP contribution in [0.3, 0.4) is 0 Å². The number of carbonyl (C=O) groups excluding carboxylic acids is 1. The second-order valence-corrected chi connectivity index (χ2v) is 5.91. The van der Waals surface area contributed by atoms with Crippen LogP contribution in [0.4, 0.5) is 0 Å². The summed E-state index contributed by atoms with van der Waals surface area (Å²) >= 11 is 9.47. The third-order valence-electron chi connectivity index (χ3n) is 3.41. The third kappa shape index (κ3) is 3.09. The molecule has 4 heteroatoms. The fraction of sp³-hybridized carbons (Fsp3) is 0.462. The molecule has 1 aliphatic heterocycles. The van der Waals surface area contributed by atoms with Crippen LogP contribution in [-0.2, 0) is 11.2 Å². The van der Waals surface area contributed by atoms with Crippen LogP contribution in [0.5, 0.6) is 0 Å². The van der Waals surface area contributed by atoms with Gasteiger partial charge in [-0.25, -0.2) is 0 Å². The quantitative estimate of drug-likeness (QED) is 0.925. The maximum atomic E-state index is 12.1. The molecule has 1 aliphatic rings. The Morgan fingerprint density at radius 3 is 2.82 bits per heavy atom. The van der Waals surface area contributed by atoms with E-state index < -0.39 is 0 Å².